The molecule has 0 spiro atoms. The van der Waals surface area contributed by atoms with Crippen molar-refractivity contribution in [3.05, 3.63) is 0 Å². The van der Waals surface area contributed by atoms with Crippen molar-refractivity contribution in [1.29, 1.82) is 0 Å². The molecule has 104 valence electrons. The zero-order chi connectivity index (χ0) is 12.8. The average Bonchev–Trinajstić information content (AvgIpc) is 2.39. The Morgan fingerprint density at radius 2 is 2.11 bits per heavy atom. The van der Waals surface area contributed by atoms with Crippen LogP contribution in [0.15, 0.2) is 0 Å². The van der Waals surface area contributed by atoms with Crippen LogP contribution in [0.5, 0.6) is 0 Å². The molecule has 2 rings (SSSR count). The molecule has 1 aliphatic heterocycles. The lowest BCUT2D eigenvalue weighted by atomic mass is 9.94. The largest absolute Gasteiger partial charge is 0.378 e. The molecule has 0 unspecified atom stereocenters. The molecule has 0 radical (unpaired) electrons. The van der Waals surface area contributed by atoms with Gasteiger partial charge in [-0.3, -0.25) is 0 Å². The molecule has 1 aliphatic carbocycles. The van der Waals surface area contributed by atoms with Crippen molar-refractivity contribution in [2.24, 2.45) is 5.73 Å². The maximum Gasteiger partial charge on any atom is 0.317 e. The van der Waals surface area contributed by atoms with Gasteiger partial charge in [0.25, 0.3) is 0 Å². The zero-order valence-corrected chi connectivity index (χ0v) is 11.1. The number of amides is 2. The average molecular weight is 255 g/mol. The van der Waals surface area contributed by atoms with Crippen LogP contribution in [0.25, 0.3) is 0 Å². The van der Waals surface area contributed by atoms with Gasteiger partial charge in [0.2, 0.25) is 0 Å². The Balaban J connectivity index is 1.54. The summed E-state index contributed by atoms with van der Waals surface area (Å²) in [6.07, 6.45) is 6.71. The van der Waals surface area contributed by atoms with E-state index in [0.717, 1.165) is 64.8 Å². The van der Waals surface area contributed by atoms with Crippen molar-refractivity contribution in [3.63, 3.8) is 0 Å². The van der Waals surface area contributed by atoms with E-state index < -0.39 is 0 Å². The number of nitrogens with zero attached hydrogens (tertiary/aromatic N) is 1. The predicted molar refractivity (Wildman–Crippen MR) is 70.4 cm³/mol. The van der Waals surface area contributed by atoms with Crippen molar-refractivity contribution < 1.29 is 9.53 Å². The lowest BCUT2D eigenvalue weighted by Gasteiger charge is -2.28. The van der Waals surface area contributed by atoms with Gasteiger partial charge in [0.05, 0.1) is 6.10 Å². The van der Waals surface area contributed by atoms with Crippen LogP contribution in [0, 0.1) is 0 Å². The van der Waals surface area contributed by atoms with Crippen LogP contribution in [0.4, 0.5) is 4.79 Å². The smallest absolute Gasteiger partial charge is 0.317 e. The van der Waals surface area contributed by atoms with E-state index in [1.165, 1.54) is 0 Å². The zero-order valence-electron chi connectivity index (χ0n) is 11.1. The first-order valence-electron chi connectivity index (χ1n) is 7.15. The van der Waals surface area contributed by atoms with Crippen LogP contribution in [0.1, 0.15) is 38.5 Å². The summed E-state index contributed by atoms with van der Waals surface area (Å²) in [6.45, 7) is 3.25. The highest BCUT2D eigenvalue weighted by molar-refractivity contribution is 5.74. The van der Waals surface area contributed by atoms with E-state index in [1.807, 2.05) is 4.90 Å². The molecule has 0 aromatic carbocycles. The number of nitrogens with one attached hydrogen (secondary N) is 1. The first-order chi connectivity index (χ1) is 8.75. The van der Waals surface area contributed by atoms with Crippen LogP contribution >= 0.6 is 0 Å². The maximum absolute atomic E-state index is 11.5. The van der Waals surface area contributed by atoms with E-state index in [-0.39, 0.29) is 6.03 Å². The van der Waals surface area contributed by atoms with Crippen LogP contribution in [0.2, 0.25) is 0 Å². The third-order valence-corrected chi connectivity index (χ3v) is 3.81. The van der Waals surface area contributed by atoms with Gasteiger partial charge in [0.15, 0.2) is 0 Å². The Labute approximate surface area is 109 Å². The van der Waals surface area contributed by atoms with Crippen molar-refractivity contribution in [2.45, 2.75) is 50.7 Å². The van der Waals surface area contributed by atoms with Gasteiger partial charge < -0.3 is 20.7 Å². The Kier molecular flexibility index (Phi) is 5.26. The summed E-state index contributed by atoms with van der Waals surface area (Å²) in [7, 11) is 0. The number of ether oxygens (including phenoxy) is 1. The van der Waals surface area contributed by atoms with Crippen LogP contribution in [-0.2, 0) is 4.74 Å². The Morgan fingerprint density at radius 3 is 2.83 bits per heavy atom. The second-order valence-corrected chi connectivity index (χ2v) is 5.33. The molecule has 5 heteroatoms. The van der Waals surface area contributed by atoms with Crippen LogP contribution in [0.3, 0.4) is 0 Å². The minimum atomic E-state index is 0.0740. The van der Waals surface area contributed by atoms with Gasteiger partial charge >= 0.3 is 6.03 Å². The minimum absolute atomic E-state index is 0.0740. The molecule has 0 bridgehead atoms. The molecular weight excluding hydrogens is 230 g/mol. The van der Waals surface area contributed by atoms with Crippen LogP contribution in [-0.4, -0.2) is 49.3 Å². The van der Waals surface area contributed by atoms with Crippen molar-refractivity contribution in [2.75, 3.05) is 26.2 Å². The molecule has 1 saturated carbocycles. The highest BCUT2D eigenvalue weighted by Gasteiger charge is 2.19. The molecule has 0 aromatic rings. The summed E-state index contributed by atoms with van der Waals surface area (Å²) in [5, 5.41) is 2.86. The second kappa shape index (κ2) is 6.95. The predicted octanol–water partition coefficient (Wildman–Crippen LogP) is 1.08. The number of hydrogen-bond donors (Lipinski definition) is 2. The van der Waals surface area contributed by atoms with E-state index in [0.29, 0.717) is 12.1 Å². The fourth-order valence-electron chi connectivity index (χ4n) is 2.65. The lowest BCUT2D eigenvalue weighted by molar-refractivity contribution is 0.0213. The van der Waals surface area contributed by atoms with Crippen molar-refractivity contribution in [3.8, 4) is 0 Å². The molecule has 1 heterocycles. The van der Waals surface area contributed by atoms with E-state index in [4.69, 9.17) is 10.5 Å². The second-order valence-electron chi connectivity index (χ2n) is 5.33. The van der Waals surface area contributed by atoms with Gasteiger partial charge in [-0.15, -0.1) is 0 Å². The fourth-order valence-corrected chi connectivity index (χ4v) is 2.65. The van der Waals surface area contributed by atoms with Crippen LogP contribution < -0.4 is 11.1 Å². The molecule has 2 fully saturated rings. The Bertz CT molecular complexity index is 265. The third-order valence-electron chi connectivity index (χ3n) is 3.81. The number of carbonyl (C=O) groups is 1. The minimum Gasteiger partial charge on any atom is -0.378 e. The Hall–Kier alpha value is -0.810. The third kappa shape index (κ3) is 4.14. The summed E-state index contributed by atoms with van der Waals surface area (Å²) >= 11 is 0. The van der Waals surface area contributed by atoms with Gasteiger partial charge in [-0.1, -0.05) is 0 Å². The molecule has 18 heavy (non-hydrogen) atoms. The number of urea groups is 1. The molecule has 2 amide bonds. The summed E-state index contributed by atoms with van der Waals surface area (Å²) in [5.41, 5.74) is 5.86. The van der Waals surface area contributed by atoms with Crippen molar-refractivity contribution in [1.82, 2.24) is 10.2 Å². The molecule has 2 aliphatic rings. The standard InChI is InChI=1S/C13H25N3O2/c14-11-3-5-12(6-4-11)18-10-2-9-16-8-1-7-15-13(16)17/h11-12H,1-10,14H2,(H,15,17). The monoisotopic (exact) mass is 255 g/mol. The van der Waals surface area contributed by atoms with Gasteiger partial charge in [-0.05, 0) is 38.5 Å². The summed E-state index contributed by atoms with van der Waals surface area (Å²) in [5.74, 6) is 0. The quantitative estimate of drug-likeness (QED) is 0.722. The van der Waals surface area contributed by atoms with E-state index in [9.17, 15) is 4.79 Å². The number of hydrogen-bond acceptors (Lipinski definition) is 3. The van der Waals surface area contributed by atoms with Gasteiger partial charge in [0.1, 0.15) is 0 Å². The summed E-state index contributed by atoms with van der Waals surface area (Å²) < 4.78 is 5.84. The van der Waals surface area contributed by atoms with Gasteiger partial charge in [-0.25, -0.2) is 4.79 Å². The first kappa shape index (κ1) is 13.6. The molecule has 1 saturated heterocycles. The maximum atomic E-state index is 11.5. The van der Waals surface area contributed by atoms with Gasteiger partial charge in [-0.2, -0.15) is 0 Å². The SMILES string of the molecule is NC1CCC(OCCCN2CCCNC2=O)CC1. The highest BCUT2D eigenvalue weighted by atomic mass is 16.5. The Morgan fingerprint density at radius 1 is 1.33 bits per heavy atom. The molecule has 0 aromatic heterocycles. The molecule has 5 nitrogen and oxygen atoms in total. The topological polar surface area (TPSA) is 67.6 Å². The van der Waals surface area contributed by atoms with Crippen molar-refractivity contribution >= 4 is 6.03 Å². The van der Waals surface area contributed by atoms with E-state index in [1.54, 1.807) is 0 Å². The number of carbonyl (C=O) groups excluding carboxylic acids is 1. The van der Waals surface area contributed by atoms with E-state index >= 15 is 0 Å². The summed E-state index contributed by atoms with van der Waals surface area (Å²) in [4.78, 5) is 13.4. The number of rotatable bonds is 5. The van der Waals surface area contributed by atoms with Gasteiger partial charge in [0, 0.05) is 32.3 Å². The fraction of sp³-hybridized carbons (Fsp3) is 0.923. The van der Waals surface area contributed by atoms with E-state index in [2.05, 4.69) is 5.32 Å². The number of nitrogens with two attached hydrogens (primary N) is 1. The first-order valence-corrected chi connectivity index (χ1v) is 7.15. The normalized spacial score (nSPS) is 29.2. The molecule has 3 N–H and O–H groups in total. The molecular formula is C13H25N3O2. The summed E-state index contributed by atoms with van der Waals surface area (Å²) in [6, 6.07) is 0.451. The molecule has 0 atom stereocenters. The highest BCUT2D eigenvalue weighted by Crippen LogP contribution is 2.19. The lowest BCUT2D eigenvalue weighted by Crippen LogP contribution is -2.46.